The summed E-state index contributed by atoms with van der Waals surface area (Å²) < 4.78 is 98.8. The minimum absolute atomic E-state index is 0.0544. The van der Waals surface area contributed by atoms with Crippen LogP contribution in [0.3, 0.4) is 0 Å². The van der Waals surface area contributed by atoms with Crippen LogP contribution in [-0.2, 0) is 0 Å². The molecule has 1 aliphatic carbocycles. The maximum Gasteiger partial charge on any atom is 0.409 e. The minimum atomic E-state index is -4.70. The molecule has 2 aromatic carbocycles. The number of hydrogen-bond acceptors (Lipinski definition) is 1. The number of rotatable bonds is 5. The molecule has 0 bridgehead atoms. The van der Waals surface area contributed by atoms with E-state index < -0.39 is 35.4 Å². The molecule has 1 aliphatic rings. The molecule has 0 unspecified atom stereocenters. The van der Waals surface area contributed by atoms with Gasteiger partial charge in [-0.1, -0.05) is 31.9 Å². The molecule has 1 saturated carbocycles. The predicted molar refractivity (Wildman–Crippen MR) is 104 cm³/mol. The third-order valence-electron chi connectivity index (χ3n) is 5.45. The van der Waals surface area contributed by atoms with Crippen LogP contribution >= 0.6 is 0 Å². The zero-order valence-electron chi connectivity index (χ0n) is 16.7. The van der Waals surface area contributed by atoms with Crippen LogP contribution in [0.2, 0.25) is 0 Å². The van der Waals surface area contributed by atoms with Crippen molar-refractivity contribution in [3.05, 3.63) is 59.7 Å². The van der Waals surface area contributed by atoms with Gasteiger partial charge in [0, 0.05) is 11.6 Å². The van der Waals surface area contributed by atoms with E-state index in [2.05, 4.69) is 0 Å². The van der Waals surface area contributed by atoms with E-state index in [4.69, 9.17) is 4.74 Å². The van der Waals surface area contributed by atoms with E-state index in [9.17, 15) is 30.7 Å². The molecule has 0 amide bonds. The molecule has 0 heterocycles. The van der Waals surface area contributed by atoms with Gasteiger partial charge in [-0.2, -0.15) is 22.0 Å². The second kappa shape index (κ2) is 8.93. The van der Waals surface area contributed by atoms with Gasteiger partial charge in [-0.25, -0.2) is 8.78 Å². The summed E-state index contributed by atoms with van der Waals surface area (Å²) in [6.07, 6.45) is -5.79. The van der Waals surface area contributed by atoms with E-state index in [-0.39, 0.29) is 17.4 Å². The summed E-state index contributed by atoms with van der Waals surface area (Å²) in [7, 11) is 0. The van der Waals surface area contributed by atoms with Gasteiger partial charge in [-0.3, -0.25) is 0 Å². The van der Waals surface area contributed by atoms with Gasteiger partial charge < -0.3 is 4.74 Å². The van der Waals surface area contributed by atoms with E-state index in [0.29, 0.717) is 43.2 Å². The Bertz CT molecular complexity index is 901. The Morgan fingerprint density at radius 1 is 0.839 bits per heavy atom. The summed E-state index contributed by atoms with van der Waals surface area (Å²) in [4.78, 5) is 0. The zero-order chi connectivity index (χ0) is 22.8. The van der Waals surface area contributed by atoms with Crippen molar-refractivity contribution in [2.75, 3.05) is 0 Å². The Kier molecular flexibility index (Phi) is 6.67. The zero-order valence-corrected chi connectivity index (χ0v) is 16.7. The van der Waals surface area contributed by atoms with Gasteiger partial charge in [0.25, 0.3) is 0 Å². The molecule has 3 rings (SSSR count). The summed E-state index contributed by atoms with van der Waals surface area (Å²) in [6.45, 7) is 2.03. The Hall–Kier alpha value is -2.51. The average Bonchev–Trinajstić information content (AvgIpc) is 2.67. The molecule has 1 fully saturated rings. The van der Waals surface area contributed by atoms with Gasteiger partial charge >= 0.3 is 12.3 Å². The Morgan fingerprint density at radius 2 is 1.39 bits per heavy atom. The van der Waals surface area contributed by atoms with Crippen molar-refractivity contribution < 1.29 is 35.5 Å². The van der Waals surface area contributed by atoms with Gasteiger partial charge in [0.15, 0.2) is 0 Å². The smallest absolute Gasteiger partial charge is 0.409 e. The highest BCUT2D eigenvalue weighted by Crippen LogP contribution is 2.40. The molecule has 0 N–H and O–H groups in total. The van der Waals surface area contributed by atoms with E-state index in [1.54, 1.807) is 0 Å². The van der Waals surface area contributed by atoms with Crippen molar-refractivity contribution in [1.82, 2.24) is 0 Å². The Balaban J connectivity index is 1.75. The lowest BCUT2D eigenvalue weighted by atomic mass is 9.82. The monoisotopic (exact) mass is 446 g/mol. The number of benzene rings is 2. The van der Waals surface area contributed by atoms with Crippen LogP contribution in [0, 0.1) is 23.5 Å². The van der Waals surface area contributed by atoms with E-state index in [1.807, 2.05) is 6.92 Å². The molecule has 0 saturated heterocycles. The van der Waals surface area contributed by atoms with Gasteiger partial charge in [0.05, 0.1) is 5.92 Å². The van der Waals surface area contributed by atoms with Crippen molar-refractivity contribution in [2.45, 2.75) is 44.9 Å². The van der Waals surface area contributed by atoms with Crippen molar-refractivity contribution in [3.63, 3.8) is 0 Å². The van der Waals surface area contributed by atoms with Crippen molar-refractivity contribution >= 4 is 6.08 Å². The molecule has 0 aromatic heterocycles. The molecule has 8 heteroatoms. The Labute approximate surface area is 175 Å². The molecule has 31 heavy (non-hydrogen) atoms. The first-order chi connectivity index (χ1) is 14.4. The standard InChI is InChI=1S/C23H21F7O/c1-14-2-6-17(7-3-14)23(29,30)31-18-8-4-15(5-9-18)16-12-20(24)19(21(25)13-16)10-11-22(26,27)28/h4-5,8-14,17H,2-3,6-7H2,1H3/b11-10+. The normalized spacial score (nSPS) is 20.3. The van der Waals surface area contributed by atoms with Gasteiger partial charge in [-0.05, 0) is 60.2 Å². The number of allylic oxidation sites excluding steroid dienone is 1. The quantitative estimate of drug-likeness (QED) is 0.423. The average molecular weight is 446 g/mol. The van der Waals surface area contributed by atoms with E-state index in [0.717, 1.165) is 12.1 Å². The molecule has 0 aliphatic heterocycles. The first-order valence-corrected chi connectivity index (χ1v) is 9.87. The summed E-state index contributed by atoms with van der Waals surface area (Å²) in [6, 6.07) is 7.01. The summed E-state index contributed by atoms with van der Waals surface area (Å²) in [5.74, 6) is -2.88. The molecule has 0 spiro atoms. The number of alkyl halides is 5. The van der Waals surface area contributed by atoms with Crippen molar-refractivity contribution in [2.24, 2.45) is 11.8 Å². The summed E-state index contributed by atoms with van der Waals surface area (Å²) in [5, 5.41) is 0. The Morgan fingerprint density at radius 3 is 1.90 bits per heavy atom. The lowest BCUT2D eigenvalue weighted by Crippen LogP contribution is -2.36. The summed E-state index contributed by atoms with van der Waals surface area (Å²) >= 11 is 0. The SMILES string of the molecule is CC1CCC(C(F)(F)Oc2ccc(-c3cc(F)c(/C=C/C(F)(F)F)c(F)c3)cc2)CC1. The lowest BCUT2D eigenvalue weighted by molar-refractivity contribution is -0.223. The first-order valence-electron chi connectivity index (χ1n) is 9.87. The van der Waals surface area contributed by atoms with Crippen LogP contribution in [0.1, 0.15) is 38.2 Å². The molecular formula is C23H21F7O. The lowest BCUT2D eigenvalue weighted by Gasteiger charge is -2.32. The second-order valence-corrected chi connectivity index (χ2v) is 7.87. The maximum atomic E-state index is 14.4. The third-order valence-corrected chi connectivity index (χ3v) is 5.45. The largest absolute Gasteiger partial charge is 0.432 e. The van der Waals surface area contributed by atoms with E-state index in [1.165, 1.54) is 24.3 Å². The molecule has 0 atom stereocenters. The number of ether oxygens (including phenoxy) is 1. The van der Waals surface area contributed by atoms with Gasteiger partial charge in [-0.15, -0.1) is 0 Å². The van der Waals surface area contributed by atoms with Crippen LogP contribution < -0.4 is 4.74 Å². The van der Waals surface area contributed by atoms with Crippen LogP contribution in [0.15, 0.2) is 42.5 Å². The van der Waals surface area contributed by atoms with Crippen molar-refractivity contribution in [3.8, 4) is 16.9 Å². The fraction of sp³-hybridized carbons (Fsp3) is 0.391. The van der Waals surface area contributed by atoms with Gasteiger partial charge in [0.1, 0.15) is 17.4 Å². The number of halogens is 7. The highest BCUT2D eigenvalue weighted by Gasteiger charge is 2.43. The van der Waals surface area contributed by atoms with Crippen LogP contribution in [-0.4, -0.2) is 12.3 Å². The summed E-state index contributed by atoms with van der Waals surface area (Å²) in [5.41, 5.74) is -0.465. The third kappa shape index (κ3) is 6.02. The van der Waals surface area contributed by atoms with E-state index >= 15 is 0 Å². The van der Waals surface area contributed by atoms with Gasteiger partial charge in [0.2, 0.25) is 0 Å². The van der Waals surface area contributed by atoms with Crippen LogP contribution in [0.5, 0.6) is 5.75 Å². The topological polar surface area (TPSA) is 9.23 Å². The molecule has 1 nitrogen and oxygen atoms in total. The highest BCUT2D eigenvalue weighted by molar-refractivity contribution is 5.67. The fourth-order valence-electron chi connectivity index (χ4n) is 3.64. The molecule has 168 valence electrons. The van der Waals surface area contributed by atoms with Crippen LogP contribution in [0.25, 0.3) is 17.2 Å². The highest BCUT2D eigenvalue weighted by atomic mass is 19.4. The first kappa shape index (κ1) is 23.2. The second-order valence-electron chi connectivity index (χ2n) is 7.87. The predicted octanol–water partition coefficient (Wildman–Crippen LogP) is 8.01. The fourth-order valence-corrected chi connectivity index (χ4v) is 3.64. The van der Waals surface area contributed by atoms with Crippen LogP contribution in [0.4, 0.5) is 30.7 Å². The van der Waals surface area contributed by atoms with Crippen molar-refractivity contribution in [1.29, 1.82) is 0 Å². The molecule has 2 aromatic rings. The molecular weight excluding hydrogens is 425 g/mol. The number of hydrogen-bond donors (Lipinski definition) is 0. The minimum Gasteiger partial charge on any atom is -0.432 e. The molecule has 0 radical (unpaired) electrons. The maximum absolute atomic E-state index is 14.4.